The fourth-order valence-electron chi connectivity index (χ4n) is 3.70. The Labute approximate surface area is 173 Å². The van der Waals surface area contributed by atoms with E-state index in [1.165, 1.54) is 23.5 Å². The Balaban J connectivity index is 1.72. The molecule has 3 rings (SSSR count). The van der Waals surface area contributed by atoms with Crippen molar-refractivity contribution in [3.8, 4) is 16.5 Å². The molecular weight excluding hydrogens is 398 g/mol. The molecule has 2 heterocycles. The van der Waals surface area contributed by atoms with Crippen LogP contribution in [0.2, 0.25) is 0 Å². The van der Waals surface area contributed by atoms with Gasteiger partial charge in [-0.3, -0.25) is 4.79 Å². The number of anilines is 1. The van der Waals surface area contributed by atoms with Crippen LogP contribution in [0.15, 0.2) is 17.5 Å². The van der Waals surface area contributed by atoms with Crippen LogP contribution < -0.4 is 9.64 Å². The Morgan fingerprint density at radius 1 is 1.34 bits per heavy atom. The summed E-state index contributed by atoms with van der Waals surface area (Å²) in [6, 6.07) is 2.60. The molecule has 8 heteroatoms. The fourth-order valence-corrected chi connectivity index (χ4v) is 4.48. The third-order valence-electron chi connectivity index (χ3n) is 5.19. The molecule has 5 nitrogen and oxygen atoms in total. The van der Waals surface area contributed by atoms with E-state index in [0.29, 0.717) is 42.4 Å². The summed E-state index contributed by atoms with van der Waals surface area (Å²) < 4.78 is 35.3. The number of nitrogens with zero attached hydrogens (tertiary/aromatic N) is 2. The molecule has 1 atom stereocenters. The monoisotopic (exact) mass is 424 g/mol. The van der Waals surface area contributed by atoms with Gasteiger partial charge >= 0.3 is 5.97 Å². The van der Waals surface area contributed by atoms with Crippen molar-refractivity contribution in [2.24, 2.45) is 5.92 Å². The third kappa shape index (κ3) is 5.44. The van der Waals surface area contributed by atoms with Gasteiger partial charge in [0.1, 0.15) is 17.3 Å². The van der Waals surface area contributed by atoms with Gasteiger partial charge in [0.2, 0.25) is 0 Å². The molecule has 2 aromatic rings. The summed E-state index contributed by atoms with van der Waals surface area (Å²) in [5.74, 6) is -2.04. The highest BCUT2D eigenvalue weighted by molar-refractivity contribution is 7.11. The first-order valence-corrected chi connectivity index (χ1v) is 10.8. The zero-order valence-corrected chi connectivity index (χ0v) is 17.5. The fraction of sp³-hybridized carbons (Fsp3) is 0.524. The van der Waals surface area contributed by atoms with Gasteiger partial charge in [0.15, 0.2) is 0 Å². The lowest BCUT2D eigenvalue weighted by atomic mass is 9.93. The maximum absolute atomic E-state index is 14.8. The smallest absolute Gasteiger partial charge is 0.303 e. The zero-order chi connectivity index (χ0) is 21.0. The van der Waals surface area contributed by atoms with E-state index in [1.54, 1.807) is 10.3 Å². The van der Waals surface area contributed by atoms with Crippen molar-refractivity contribution in [2.45, 2.75) is 52.1 Å². The molecule has 0 bridgehead atoms. The van der Waals surface area contributed by atoms with Gasteiger partial charge in [-0.25, -0.2) is 13.8 Å². The number of piperidine rings is 1. The van der Waals surface area contributed by atoms with E-state index in [1.807, 2.05) is 6.92 Å². The minimum absolute atomic E-state index is 0.0407. The number of ether oxygens (including phenoxy) is 1. The number of hydrogen-bond acceptors (Lipinski definition) is 5. The van der Waals surface area contributed by atoms with Crippen LogP contribution in [0.4, 0.5) is 14.5 Å². The van der Waals surface area contributed by atoms with Crippen molar-refractivity contribution in [1.82, 2.24) is 4.98 Å². The van der Waals surface area contributed by atoms with Gasteiger partial charge < -0.3 is 14.7 Å². The van der Waals surface area contributed by atoms with Crippen LogP contribution in [0.5, 0.6) is 5.19 Å². The predicted octanol–water partition coefficient (Wildman–Crippen LogP) is 5.35. The molecule has 0 saturated carbocycles. The van der Waals surface area contributed by atoms with Gasteiger partial charge in [-0.1, -0.05) is 24.7 Å². The first kappa shape index (κ1) is 21.5. The molecule has 1 unspecified atom stereocenters. The number of benzene rings is 1. The van der Waals surface area contributed by atoms with Gasteiger partial charge in [0, 0.05) is 30.5 Å². The van der Waals surface area contributed by atoms with E-state index in [0.717, 1.165) is 12.8 Å². The summed E-state index contributed by atoms with van der Waals surface area (Å²) in [7, 11) is 0. The highest BCUT2D eigenvalue weighted by atomic mass is 32.1. The summed E-state index contributed by atoms with van der Waals surface area (Å²) in [5.41, 5.74) is 0.808. The first-order valence-electron chi connectivity index (χ1n) is 9.95. The molecule has 1 aromatic carbocycles. The highest BCUT2D eigenvalue weighted by Crippen LogP contribution is 2.34. The summed E-state index contributed by atoms with van der Waals surface area (Å²) in [5, 5.41) is 11.1. The molecule has 29 heavy (non-hydrogen) atoms. The molecule has 1 aliphatic heterocycles. The van der Waals surface area contributed by atoms with E-state index in [2.05, 4.69) is 11.9 Å². The summed E-state index contributed by atoms with van der Waals surface area (Å²) in [6.45, 7) is 4.93. The quantitative estimate of drug-likeness (QED) is 0.619. The van der Waals surface area contributed by atoms with Crippen LogP contribution in [-0.4, -0.2) is 35.3 Å². The maximum atomic E-state index is 14.8. The number of halogens is 2. The number of thiazole rings is 1. The minimum Gasteiger partial charge on any atom is -0.481 e. The third-order valence-corrected chi connectivity index (χ3v) is 5.92. The van der Waals surface area contributed by atoms with Gasteiger partial charge in [0.25, 0.3) is 5.19 Å². The van der Waals surface area contributed by atoms with Crippen LogP contribution >= 0.6 is 11.3 Å². The highest BCUT2D eigenvalue weighted by Gasteiger charge is 2.26. The van der Waals surface area contributed by atoms with Crippen LogP contribution in [0.1, 0.15) is 46.0 Å². The molecule has 1 aromatic heterocycles. The lowest BCUT2D eigenvalue weighted by Crippen LogP contribution is -2.35. The Bertz CT molecular complexity index is 827. The van der Waals surface area contributed by atoms with Gasteiger partial charge in [0.05, 0.1) is 11.8 Å². The second-order valence-electron chi connectivity index (χ2n) is 7.53. The number of hydrogen-bond donors (Lipinski definition) is 1. The molecule has 0 amide bonds. The Kier molecular flexibility index (Phi) is 7.05. The van der Waals surface area contributed by atoms with E-state index in [9.17, 15) is 13.6 Å². The van der Waals surface area contributed by atoms with Gasteiger partial charge in [-0.15, -0.1) is 0 Å². The second-order valence-corrected chi connectivity index (χ2v) is 8.35. The minimum atomic E-state index is -0.833. The van der Waals surface area contributed by atoms with Crippen LogP contribution in [-0.2, 0) is 4.79 Å². The van der Waals surface area contributed by atoms with Crippen molar-refractivity contribution >= 4 is 23.0 Å². The molecule has 1 fully saturated rings. The zero-order valence-electron chi connectivity index (χ0n) is 16.7. The Morgan fingerprint density at radius 2 is 2.00 bits per heavy atom. The average Bonchev–Trinajstić information content (AvgIpc) is 3.10. The number of aromatic nitrogens is 1. The van der Waals surface area contributed by atoms with Crippen LogP contribution in [0.25, 0.3) is 11.3 Å². The van der Waals surface area contributed by atoms with E-state index >= 15 is 0 Å². The standard InChI is InChI=1S/C21H26F2N2O3S/c1-3-4-13(2)28-21-24-18(12-29-21)15-10-16(22)20(17(23)11-15)25-7-5-14(6-8-25)9-19(26)27/h10-14H,3-9H2,1-2H3,(H,26,27). The number of carbonyl (C=O) groups is 1. The number of carboxylic acids is 1. The Hall–Kier alpha value is -2.22. The van der Waals surface area contributed by atoms with E-state index in [4.69, 9.17) is 9.84 Å². The summed E-state index contributed by atoms with van der Waals surface area (Å²) in [6.07, 6.45) is 3.27. The molecule has 158 valence electrons. The second kappa shape index (κ2) is 9.52. The molecular formula is C21H26F2N2O3S. The number of aliphatic carboxylic acids is 1. The van der Waals surface area contributed by atoms with E-state index in [-0.39, 0.29) is 24.1 Å². The number of rotatable bonds is 8. The SMILES string of the molecule is CCCC(C)Oc1nc(-c2cc(F)c(N3CCC(CC(=O)O)CC3)c(F)c2)cs1. The van der Waals surface area contributed by atoms with Gasteiger partial charge in [-0.05, 0) is 44.2 Å². The summed E-state index contributed by atoms with van der Waals surface area (Å²) >= 11 is 1.31. The lowest BCUT2D eigenvalue weighted by molar-refractivity contribution is -0.138. The molecule has 1 aliphatic rings. The predicted molar refractivity (Wildman–Crippen MR) is 110 cm³/mol. The number of carboxylic acid groups (broad SMARTS) is 1. The van der Waals surface area contributed by atoms with Crippen LogP contribution in [0, 0.1) is 17.6 Å². The molecule has 0 spiro atoms. The molecule has 1 N–H and O–H groups in total. The van der Waals surface area contributed by atoms with Crippen molar-refractivity contribution in [3.05, 3.63) is 29.1 Å². The van der Waals surface area contributed by atoms with Crippen LogP contribution in [0.3, 0.4) is 0 Å². The van der Waals surface area contributed by atoms with E-state index < -0.39 is 17.6 Å². The Morgan fingerprint density at radius 3 is 2.59 bits per heavy atom. The van der Waals surface area contributed by atoms with Gasteiger partial charge in [-0.2, -0.15) is 0 Å². The topological polar surface area (TPSA) is 62.7 Å². The molecule has 1 saturated heterocycles. The largest absolute Gasteiger partial charge is 0.481 e. The van der Waals surface area contributed by atoms with Crippen molar-refractivity contribution in [1.29, 1.82) is 0 Å². The van der Waals surface area contributed by atoms with Crippen molar-refractivity contribution in [2.75, 3.05) is 18.0 Å². The lowest BCUT2D eigenvalue weighted by Gasteiger charge is -2.33. The maximum Gasteiger partial charge on any atom is 0.303 e. The molecule has 0 aliphatic carbocycles. The van der Waals surface area contributed by atoms with Crippen molar-refractivity contribution < 1.29 is 23.4 Å². The average molecular weight is 425 g/mol. The van der Waals surface area contributed by atoms with Crippen molar-refractivity contribution in [3.63, 3.8) is 0 Å². The first-order chi connectivity index (χ1) is 13.9. The molecule has 0 radical (unpaired) electrons. The normalized spacial score (nSPS) is 16.1. The summed E-state index contributed by atoms with van der Waals surface area (Å²) in [4.78, 5) is 16.9.